The van der Waals surface area contributed by atoms with Gasteiger partial charge >= 0.3 is 0 Å². The number of methoxy groups -OCH3 is 1. The summed E-state index contributed by atoms with van der Waals surface area (Å²) in [5, 5.41) is 10.1. The Morgan fingerprint density at radius 1 is 1.50 bits per heavy atom. The second-order valence-corrected chi connectivity index (χ2v) is 3.94. The number of hydrogen-bond acceptors (Lipinski definition) is 3. The van der Waals surface area contributed by atoms with Crippen molar-refractivity contribution in [2.24, 2.45) is 0 Å². The largest absolute Gasteiger partial charge is 0.481 e. The molecule has 1 N–H and O–H groups in total. The second-order valence-electron chi connectivity index (χ2n) is 3.94. The van der Waals surface area contributed by atoms with Gasteiger partial charge in [-0.2, -0.15) is 0 Å². The summed E-state index contributed by atoms with van der Waals surface area (Å²) in [4.78, 5) is 4.16. The smallest absolute Gasteiger partial charge is 0.215 e. The standard InChI is InChI=1S/C11H15NO2/c1-8-6-9(7-12-10(8)14-2)11(13)4-3-5-11/h6-7,13H,3-5H2,1-2H3. The highest BCUT2D eigenvalue weighted by Gasteiger charge is 2.36. The van der Waals surface area contributed by atoms with E-state index in [1.807, 2.05) is 13.0 Å². The summed E-state index contributed by atoms with van der Waals surface area (Å²) in [6.07, 6.45) is 4.51. The average Bonchev–Trinajstić information content (AvgIpc) is 2.14. The number of aliphatic hydroxyl groups is 1. The van der Waals surface area contributed by atoms with Crippen molar-refractivity contribution in [3.63, 3.8) is 0 Å². The fourth-order valence-electron chi connectivity index (χ4n) is 1.83. The Hall–Kier alpha value is -1.09. The van der Waals surface area contributed by atoms with Crippen LogP contribution in [-0.2, 0) is 5.60 Å². The molecule has 1 saturated carbocycles. The molecule has 1 aliphatic rings. The molecule has 0 aromatic carbocycles. The first kappa shape index (κ1) is 9.46. The van der Waals surface area contributed by atoms with Crippen molar-refractivity contribution in [2.75, 3.05) is 7.11 Å². The molecule has 0 amide bonds. The zero-order valence-corrected chi connectivity index (χ0v) is 8.58. The van der Waals surface area contributed by atoms with E-state index in [1.54, 1.807) is 13.3 Å². The first-order valence-corrected chi connectivity index (χ1v) is 4.89. The Morgan fingerprint density at radius 3 is 2.64 bits per heavy atom. The van der Waals surface area contributed by atoms with E-state index in [4.69, 9.17) is 4.74 Å². The molecule has 2 rings (SSSR count). The summed E-state index contributed by atoms with van der Waals surface area (Å²) in [6.45, 7) is 1.94. The Kier molecular flexibility index (Phi) is 2.19. The molecule has 3 heteroatoms. The van der Waals surface area contributed by atoms with Crippen LogP contribution in [0.3, 0.4) is 0 Å². The summed E-state index contributed by atoms with van der Waals surface area (Å²) in [6, 6.07) is 1.96. The molecular formula is C11H15NO2. The van der Waals surface area contributed by atoms with Crippen LogP contribution in [0.5, 0.6) is 5.88 Å². The van der Waals surface area contributed by atoms with E-state index in [1.165, 1.54) is 0 Å². The van der Waals surface area contributed by atoms with E-state index in [9.17, 15) is 5.11 Å². The van der Waals surface area contributed by atoms with E-state index in [2.05, 4.69) is 4.98 Å². The summed E-state index contributed by atoms with van der Waals surface area (Å²) in [5.74, 6) is 0.636. The van der Waals surface area contributed by atoms with Gasteiger partial charge < -0.3 is 9.84 Å². The maximum absolute atomic E-state index is 10.1. The average molecular weight is 193 g/mol. The monoisotopic (exact) mass is 193 g/mol. The zero-order valence-electron chi connectivity index (χ0n) is 8.58. The molecule has 76 valence electrons. The van der Waals surface area contributed by atoms with Gasteiger partial charge in [-0.1, -0.05) is 0 Å². The van der Waals surface area contributed by atoms with Gasteiger partial charge in [0.1, 0.15) is 0 Å². The van der Waals surface area contributed by atoms with Gasteiger partial charge in [0.15, 0.2) is 0 Å². The van der Waals surface area contributed by atoms with Crippen LogP contribution in [0.1, 0.15) is 30.4 Å². The summed E-state index contributed by atoms with van der Waals surface area (Å²) in [5.41, 5.74) is 1.27. The van der Waals surface area contributed by atoms with Crippen LogP contribution in [0.4, 0.5) is 0 Å². The number of rotatable bonds is 2. The third-order valence-electron chi connectivity index (χ3n) is 2.94. The molecule has 0 radical (unpaired) electrons. The fourth-order valence-corrected chi connectivity index (χ4v) is 1.83. The predicted octanol–water partition coefficient (Wildman–Crippen LogP) is 1.77. The first-order valence-electron chi connectivity index (χ1n) is 4.89. The maximum atomic E-state index is 10.1. The number of hydrogen-bond donors (Lipinski definition) is 1. The van der Waals surface area contributed by atoms with Crippen molar-refractivity contribution in [1.82, 2.24) is 4.98 Å². The van der Waals surface area contributed by atoms with Crippen LogP contribution < -0.4 is 4.74 Å². The molecule has 0 unspecified atom stereocenters. The number of aryl methyl sites for hydroxylation is 1. The van der Waals surface area contributed by atoms with Crippen molar-refractivity contribution < 1.29 is 9.84 Å². The minimum atomic E-state index is -0.621. The van der Waals surface area contributed by atoms with Crippen molar-refractivity contribution >= 4 is 0 Å². The van der Waals surface area contributed by atoms with Crippen molar-refractivity contribution in [3.05, 3.63) is 23.4 Å². The molecule has 3 nitrogen and oxygen atoms in total. The van der Waals surface area contributed by atoms with Gasteiger partial charge in [0.05, 0.1) is 12.7 Å². The van der Waals surface area contributed by atoms with Gasteiger partial charge in [0, 0.05) is 17.3 Å². The topological polar surface area (TPSA) is 42.4 Å². The van der Waals surface area contributed by atoms with Crippen LogP contribution in [0.2, 0.25) is 0 Å². The molecule has 0 aliphatic heterocycles. The molecule has 0 atom stereocenters. The molecule has 1 aliphatic carbocycles. The summed E-state index contributed by atoms with van der Waals surface area (Å²) < 4.78 is 5.07. The normalized spacial score (nSPS) is 18.8. The quantitative estimate of drug-likeness (QED) is 0.778. The molecule has 0 spiro atoms. The lowest BCUT2D eigenvalue weighted by Crippen LogP contribution is -2.33. The fraction of sp³-hybridized carbons (Fsp3) is 0.545. The Bertz CT molecular complexity index is 345. The highest BCUT2D eigenvalue weighted by Crippen LogP contribution is 2.41. The molecule has 0 bridgehead atoms. The molecule has 14 heavy (non-hydrogen) atoms. The van der Waals surface area contributed by atoms with Gasteiger partial charge in [0.2, 0.25) is 5.88 Å². The highest BCUT2D eigenvalue weighted by molar-refractivity contribution is 5.32. The van der Waals surface area contributed by atoms with Crippen LogP contribution in [0.25, 0.3) is 0 Å². The molecule has 1 aromatic heterocycles. The van der Waals surface area contributed by atoms with Crippen molar-refractivity contribution in [3.8, 4) is 5.88 Å². The Morgan fingerprint density at radius 2 is 2.21 bits per heavy atom. The maximum Gasteiger partial charge on any atom is 0.215 e. The SMILES string of the molecule is COc1ncc(C2(O)CCC2)cc1C. The van der Waals surface area contributed by atoms with E-state index < -0.39 is 5.60 Å². The lowest BCUT2D eigenvalue weighted by atomic mass is 9.75. The minimum Gasteiger partial charge on any atom is -0.481 e. The second kappa shape index (κ2) is 3.24. The predicted molar refractivity (Wildman–Crippen MR) is 53.3 cm³/mol. The minimum absolute atomic E-state index is 0.621. The van der Waals surface area contributed by atoms with Crippen molar-refractivity contribution in [2.45, 2.75) is 31.8 Å². The van der Waals surface area contributed by atoms with Gasteiger partial charge in [0.25, 0.3) is 0 Å². The van der Waals surface area contributed by atoms with Gasteiger partial charge in [-0.15, -0.1) is 0 Å². The Labute approximate surface area is 83.7 Å². The number of ether oxygens (including phenoxy) is 1. The van der Waals surface area contributed by atoms with Crippen molar-refractivity contribution in [1.29, 1.82) is 0 Å². The van der Waals surface area contributed by atoms with Crippen LogP contribution >= 0.6 is 0 Å². The van der Waals surface area contributed by atoms with Gasteiger partial charge in [-0.05, 0) is 32.3 Å². The summed E-state index contributed by atoms with van der Waals surface area (Å²) >= 11 is 0. The van der Waals surface area contributed by atoms with E-state index >= 15 is 0 Å². The molecule has 0 saturated heterocycles. The molecular weight excluding hydrogens is 178 g/mol. The van der Waals surface area contributed by atoms with E-state index in [0.29, 0.717) is 5.88 Å². The third-order valence-corrected chi connectivity index (χ3v) is 2.94. The third kappa shape index (κ3) is 1.38. The van der Waals surface area contributed by atoms with E-state index in [0.717, 1.165) is 30.4 Å². The lowest BCUT2D eigenvalue weighted by molar-refractivity contribution is -0.0391. The number of pyridine rings is 1. The number of aromatic nitrogens is 1. The highest BCUT2D eigenvalue weighted by atomic mass is 16.5. The van der Waals surface area contributed by atoms with Crippen LogP contribution in [-0.4, -0.2) is 17.2 Å². The molecule has 1 fully saturated rings. The van der Waals surface area contributed by atoms with Gasteiger partial charge in [-0.3, -0.25) is 0 Å². The zero-order chi connectivity index (χ0) is 10.2. The van der Waals surface area contributed by atoms with Crippen LogP contribution in [0.15, 0.2) is 12.3 Å². The van der Waals surface area contributed by atoms with Crippen LogP contribution in [0, 0.1) is 6.92 Å². The lowest BCUT2D eigenvalue weighted by Gasteiger charge is -2.36. The van der Waals surface area contributed by atoms with Gasteiger partial charge in [-0.25, -0.2) is 4.98 Å². The first-order chi connectivity index (χ1) is 6.65. The summed E-state index contributed by atoms with van der Waals surface area (Å²) in [7, 11) is 1.60. The Balaban J connectivity index is 2.32. The number of nitrogens with zero attached hydrogens (tertiary/aromatic N) is 1. The van der Waals surface area contributed by atoms with E-state index in [-0.39, 0.29) is 0 Å². The molecule has 1 aromatic rings. The molecule has 1 heterocycles.